The molecular weight excluding hydrogens is 278 g/mol. The number of hydrogen-bond donors (Lipinski definition) is 0. The lowest BCUT2D eigenvalue weighted by atomic mass is 10.1. The summed E-state index contributed by atoms with van der Waals surface area (Å²) in [5.74, 6) is 0. The lowest BCUT2D eigenvalue weighted by Gasteiger charge is -2.30. The van der Waals surface area contributed by atoms with Gasteiger partial charge in [0.05, 0.1) is 4.87 Å². The van der Waals surface area contributed by atoms with Crippen LogP contribution in [0.25, 0.3) is 0 Å². The molecule has 4 nitrogen and oxygen atoms in total. The van der Waals surface area contributed by atoms with Gasteiger partial charge in [-0.05, 0) is 18.2 Å². The molecule has 19 heavy (non-hydrogen) atoms. The summed E-state index contributed by atoms with van der Waals surface area (Å²) < 4.78 is 16.4. The zero-order valence-electron chi connectivity index (χ0n) is 12.6. The minimum atomic E-state index is -2.70. The average Bonchev–Trinajstić information content (AvgIpc) is 2.45. The molecule has 6 heteroatoms. The quantitative estimate of drug-likeness (QED) is 0.312. The van der Waals surface area contributed by atoms with Crippen LogP contribution in [0.4, 0.5) is 0 Å². The second-order valence-electron chi connectivity index (χ2n) is 4.47. The highest BCUT2D eigenvalue weighted by Crippen LogP contribution is 2.28. The Hall–Kier alpha value is -0.0631. The van der Waals surface area contributed by atoms with Crippen LogP contribution in [0, 0.1) is 10.7 Å². The molecule has 0 aromatic rings. The summed E-state index contributed by atoms with van der Waals surface area (Å²) >= 11 is 1.22. The van der Waals surface area contributed by atoms with Crippen molar-refractivity contribution in [3.05, 3.63) is 0 Å². The van der Waals surface area contributed by atoms with Crippen molar-refractivity contribution in [2.45, 2.75) is 56.7 Å². The molecule has 0 aliphatic heterocycles. The summed E-state index contributed by atoms with van der Waals surface area (Å²) in [5.41, 5.74) is 0. The molecule has 0 heterocycles. The normalized spacial score (nSPS) is 13.2. The smallest absolute Gasteiger partial charge is 0.376 e. The number of nitriles is 1. The fourth-order valence-corrected chi connectivity index (χ4v) is 5.99. The molecule has 0 saturated carbocycles. The fourth-order valence-electron chi connectivity index (χ4n) is 2.13. The van der Waals surface area contributed by atoms with Gasteiger partial charge in [0.1, 0.15) is 5.40 Å². The molecule has 0 rings (SSSR count). The number of thiocyanates is 1. The Morgan fingerprint density at radius 2 is 1.53 bits per heavy atom. The number of hydrogen-bond acceptors (Lipinski definition) is 5. The van der Waals surface area contributed by atoms with E-state index in [-0.39, 0.29) is 4.87 Å². The van der Waals surface area contributed by atoms with Crippen molar-refractivity contribution < 1.29 is 13.3 Å². The van der Waals surface area contributed by atoms with Crippen LogP contribution in [0.2, 0.25) is 0 Å². The molecule has 1 atom stereocenters. The van der Waals surface area contributed by atoms with E-state index in [1.807, 2.05) is 0 Å². The third-order valence-corrected chi connectivity index (χ3v) is 7.89. The minimum Gasteiger partial charge on any atom is -0.376 e. The van der Waals surface area contributed by atoms with Gasteiger partial charge in [-0.25, -0.2) is 0 Å². The van der Waals surface area contributed by atoms with Crippen LogP contribution in [0.15, 0.2) is 0 Å². The lowest BCUT2D eigenvalue weighted by Crippen LogP contribution is -2.52. The maximum atomic E-state index is 8.93. The molecule has 0 spiro atoms. The van der Waals surface area contributed by atoms with Gasteiger partial charge in [-0.1, -0.05) is 45.4 Å². The van der Waals surface area contributed by atoms with Gasteiger partial charge in [0.15, 0.2) is 0 Å². The maximum Gasteiger partial charge on any atom is 0.514 e. The van der Waals surface area contributed by atoms with Crippen molar-refractivity contribution in [3.8, 4) is 5.40 Å². The van der Waals surface area contributed by atoms with Gasteiger partial charge in [0.25, 0.3) is 0 Å². The van der Waals surface area contributed by atoms with Crippen LogP contribution in [-0.4, -0.2) is 35.0 Å². The Labute approximate surface area is 123 Å². The maximum absolute atomic E-state index is 8.93. The van der Waals surface area contributed by atoms with E-state index in [9.17, 15) is 0 Å². The Morgan fingerprint density at radius 3 is 2.00 bits per heavy atom. The van der Waals surface area contributed by atoms with Crippen LogP contribution in [0.1, 0.15) is 51.9 Å². The van der Waals surface area contributed by atoms with Gasteiger partial charge in [-0.2, -0.15) is 5.26 Å². The van der Waals surface area contributed by atoms with Gasteiger partial charge < -0.3 is 13.3 Å². The van der Waals surface area contributed by atoms with Crippen molar-refractivity contribution >= 4 is 20.6 Å². The molecule has 0 N–H and O–H groups in total. The molecule has 0 aliphatic carbocycles. The van der Waals surface area contributed by atoms with E-state index in [1.54, 1.807) is 21.3 Å². The highest BCUT2D eigenvalue weighted by atomic mass is 32.2. The van der Waals surface area contributed by atoms with Crippen LogP contribution in [0.3, 0.4) is 0 Å². The Balaban J connectivity index is 4.21. The largest absolute Gasteiger partial charge is 0.514 e. The van der Waals surface area contributed by atoms with Crippen molar-refractivity contribution in [2.75, 3.05) is 21.3 Å². The molecule has 0 fully saturated rings. The monoisotopic (exact) mass is 305 g/mol. The van der Waals surface area contributed by atoms with E-state index < -0.39 is 8.80 Å². The van der Waals surface area contributed by atoms with Crippen molar-refractivity contribution in [1.82, 2.24) is 0 Å². The molecule has 0 amide bonds. The Kier molecular flexibility index (Phi) is 11.7. The molecule has 0 saturated heterocycles. The first kappa shape index (κ1) is 18.9. The average molecular weight is 306 g/mol. The Morgan fingerprint density at radius 1 is 1.00 bits per heavy atom. The van der Waals surface area contributed by atoms with Crippen molar-refractivity contribution in [2.24, 2.45) is 0 Å². The van der Waals surface area contributed by atoms with Gasteiger partial charge >= 0.3 is 8.80 Å². The summed E-state index contributed by atoms with van der Waals surface area (Å²) in [6.07, 6.45) is 8.33. The molecule has 0 aromatic carbocycles. The van der Waals surface area contributed by atoms with E-state index in [0.717, 1.165) is 12.8 Å². The summed E-state index contributed by atoms with van der Waals surface area (Å²) in [6, 6.07) is 0. The zero-order chi connectivity index (χ0) is 14.6. The van der Waals surface area contributed by atoms with Crippen molar-refractivity contribution in [1.29, 1.82) is 5.26 Å². The van der Waals surface area contributed by atoms with Crippen molar-refractivity contribution in [3.63, 3.8) is 0 Å². The molecule has 0 aliphatic rings. The first-order valence-corrected chi connectivity index (χ1v) is 9.59. The van der Waals surface area contributed by atoms with Gasteiger partial charge in [-0.3, -0.25) is 0 Å². The second kappa shape index (κ2) is 11.7. The van der Waals surface area contributed by atoms with E-state index >= 15 is 0 Å². The third kappa shape index (κ3) is 6.77. The first-order valence-electron chi connectivity index (χ1n) is 6.90. The van der Waals surface area contributed by atoms with Gasteiger partial charge in [0.2, 0.25) is 0 Å². The number of rotatable bonds is 12. The standard InChI is InChI=1S/C13H27NO3SSi/c1-5-6-7-8-9-10-11-13(18-12-14)19(15-2,16-3)17-4/h13H,5-11H2,1-4H3. The second-order valence-corrected chi connectivity index (χ2v) is 9.00. The summed E-state index contributed by atoms with van der Waals surface area (Å²) in [7, 11) is 2.11. The molecule has 0 radical (unpaired) electrons. The van der Waals surface area contributed by atoms with E-state index in [0.29, 0.717) is 0 Å². The van der Waals surface area contributed by atoms with Crippen LogP contribution < -0.4 is 0 Å². The SMILES string of the molecule is CCCCCCCCC(SC#N)[Si](OC)(OC)OC. The summed E-state index contributed by atoms with van der Waals surface area (Å²) in [5, 5.41) is 11.1. The molecule has 112 valence electrons. The summed E-state index contributed by atoms with van der Waals surface area (Å²) in [4.78, 5) is 0.00340. The number of unbranched alkanes of at least 4 members (excludes halogenated alkanes) is 5. The van der Waals surface area contributed by atoms with Crippen LogP contribution >= 0.6 is 11.8 Å². The minimum absolute atomic E-state index is 0.00340. The molecule has 0 bridgehead atoms. The van der Waals surface area contributed by atoms with E-state index in [1.165, 1.54) is 43.9 Å². The summed E-state index contributed by atoms with van der Waals surface area (Å²) in [6.45, 7) is 2.22. The lowest BCUT2D eigenvalue weighted by molar-refractivity contribution is 0.120. The predicted molar refractivity (Wildman–Crippen MR) is 81.8 cm³/mol. The highest BCUT2D eigenvalue weighted by Gasteiger charge is 2.47. The van der Waals surface area contributed by atoms with Gasteiger partial charge in [-0.15, -0.1) is 0 Å². The molecule has 1 unspecified atom stereocenters. The van der Waals surface area contributed by atoms with E-state index in [4.69, 9.17) is 18.5 Å². The van der Waals surface area contributed by atoms with Crippen LogP contribution in [-0.2, 0) is 13.3 Å². The van der Waals surface area contributed by atoms with Crippen LogP contribution in [0.5, 0.6) is 0 Å². The topological polar surface area (TPSA) is 51.5 Å². The Bertz CT molecular complexity index is 248. The third-order valence-electron chi connectivity index (χ3n) is 3.26. The zero-order valence-corrected chi connectivity index (χ0v) is 14.4. The van der Waals surface area contributed by atoms with Gasteiger partial charge in [0, 0.05) is 21.3 Å². The highest BCUT2D eigenvalue weighted by molar-refractivity contribution is 8.05. The number of nitrogens with zero attached hydrogens (tertiary/aromatic N) is 1. The fraction of sp³-hybridized carbons (Fsp3) is 0.923. The predicted octanol–water partition coefficient (Wildman–Crippen LogP) is 3.74. The first-order chi connectivity index (χ1) is 9.20. The molecular formula is C13H27NO3SSi. The van der Waals surface area contributed by atoms with E-state index in [2.05, 4.69) is 12.3 Å². The molecule has 0 aromatic heterocycles. The number of thioether (sulfide) groups is 1.